The number of nitrogens with one attached hydrogen (secondary N) is 1. The van der Waals surface area contributed by atoms with Gasteiger partial charge in [-0.1, -0.05) is 38.5 Å². The third kappa shape index (κ3) is 3.80. The van der Waals surface area contributed by atoms with E-state index in [9.17, 15) is 4.39 Å². The fourth-order valence-corrected chi connectivity index (χ4v) is 2.89. The van der Waals surface area contributed by atoms with Crippen molar-refractivity contribution in [2.45, 2.75) is 52.2 Å². The van der Waals surface area contributed by atoms with Crippen LogP contribution in [0.2, 0.25) is 0 Å². The monoisotopic (exact) mass is 278 g/mol. The summed E-state index contributed by atoms with van der Waals surface area (Å²) in [6.45, 7) is 9.56. The van der Waals surface area contributed by atoms with Gasteiger partial charge in [0.25, 0.3) is 0 Å². The Hall–Kier alpha value is -0.930. The number of nitrogens with zero attached hydrogens (tertiary/aromatic N) is 1. The molecule has 1 aromatic carbocycles. The van der Waals surface area contributed by atoms with Crippen LogP contribution in [0.1, 0.15) is 39.2 Å². The van der Waals surface area contributed by atoms with Crippen LogP contribution in [-0.4, -0.2) is 30.1 Å². The van der Waals surface area contributed by atoms with Crippen molar-refractivity contribution < 1.29 is 4.39 Å². The van der Waals surface area contributed by atoms with Gasteiger partial charge >= 0.3 is 0 Å². The largest absolute Gasteiger partial charge is 0.312 e. The van der Waals surface area contributed by atoms with E-state index in [1.807, 2.05) is 12.1 Å². The molecule has 0 aromatic heterocycles. The van der Waals surface area contributed by atoms with Gasteiger partial charge in [0.1, 0.15) is 5.82 Å². The second-order valence-electron chi connectivity index (χ2n) is 6.10. The molecule has 3 atom stereocenters. The van der Waals surface area contributed by atoms with Crippen LogP contribution in [0.15, 0.2) is 24.3 Å². The van der Waals surface area contributed by atoms with Gasteiger partial charge in [0.15, 0.2) is 0 Å². The Labute approximate surface area is 122 Å². The molecule has 1 N–H and O–H groups in total. The molecule has 1 aliphatic heterocycles. The van der Waals surface area contributed by atoms with Crippen LogP contribution < -0.4 is 5.32 Å². The highest BCUT2D eigenvalue weighted by atomic mass is 19.1. The second-order valence-corrected chi connectivity index (χ2v) is 6.10. The highest BCUT2D eigenvalue weighted by molar-refractivity contribution is 5.17. The summed E-state index contributed by atoms with van der Waals surface area (Å²) in [6.07, 6.45) is 2.31. The lowest BCUT2D eigenvalue weighted by Crippen LogP contribution is -2.43. The van der Waals surface area contributed by atoms with Crippen molar-refractivity contribution in [2.24, 2.45) is 5.92 Å². The van der Waals surface area contributed by atoms with E-state index in [1.165, 1.54) is 6.42 Å². The third-order valence-corrected chi connectivity index (χ3v) is 4.69. The first kappa shape index (κ1) is 15.5. The lowest BCUT2D eigenvalue weighted by atomic mass is 9.98. The molecule has 2 nitrogen and oxygen atoms in total. The number of hydrogen-bond donors (Lipinski definition) is 1. The Balaban J connectivity index is 2.09. The Morgan fingerprint density at radius 1 is 1.40 bits per heavy atom. The summed E-state index contributed by atoms with van der Waals surface area (Å²) in [4.78, 5) is 2.43. The zero-order valence-corrected chi connectivity index (χ0v) is 12.9. The highest BCUT2D eigenvalue weighted by Crippen LogP contribution is 2.19. The van der Waals surface area contributed by atoms with Gasteiger partial charge in [-0.05, 0) is 31.9 Å². The van der Waals surface area contributed by atoms with Crippen molar-refractivity contribution >= 4 is 0 Å². The van der Waals surface area contributed by atoms with Gasteiger partial charge in [0, 0.05) is 30.7 Å². The molecule has 0 saturated carbocycles. The van der Waals surface area contributed by atoms with Gasteiger partial charge < -0.3 is 5.32 Å². The average Bonchev–Trinajstić information content (AvgIpc) is 2.63. The van der Waals surface area contributed by atoms with Crippen molar-refractivity contribution in [1.82, 2.24) is 10.2 Å². The van der Waals surface area contributed by atoms with Gasteiger partial charge in [0.2, 0.25) is 0 Å². The van der Waals surface area contributed by atoms with Gasteiger partial charge in [-0.3, -0.25) is 4.90 Å². The fourth-order valence-electron chi connectivity index (χ4n) is 2.89. The maximum atomic E-state index is 13.9. The van der Waals surface area contributed by atoms with Crippen LogP contribution in [0.25, 0.3) is 0 Å². The summed E-state index contributed by atoms with van der Waals surface area (Å²) in [5.74, 6) is 0.570. The maximum Gasteiger partial charge on any atom is 0.127 e. The van der Waals surface area contributed by atoms with E-state index in [4.69, 9.17) is 0 Å². The van der Waals surface area contributed by atoms with E-state index < -0.39 is 0 Å². The molecule has 3 heteroatoms. The van der Waals surface area contributed by atoms with Crippen molar-refractivity contribution in [1.29, 1.82) is 0 Å². The average molecular weight is 278 g/mol. The zero-order valence-electron chi connectivity index (χ0n) is 12.9. The molecule has 0 radical (unpaired) electrons. The van der Waals surface area contributed by atoms with Gasteiger partial charge in [-0.15, -0.1) is 0 Å². The summed E-state index contributed by atoms with van der Waals surface area (Å²) in [7, 11) is 0. The predicted octanol–water partition coefficient (Wildman–Crippen LogP) is 3.42. The Morgan fingerprint density at radius 2 is 2.15 bits per heavy atom. The topological polar surface area (TPSA) is 15.3 Å². The maximum absolute atomic E-state index is 13.9. The molecular weight excluding hydrogens is 251 g/mol. The minimum Gasteiger partial charge on any atom is -0.312 e. The first-order valence-corrected chi connectivity index (χ1v) is 7.82. The summed E-state index contributed by atoms with van der Waals surface area (Å²) in [5, 5.41) is 3.66. The number of benzene rings is 1. The van der Waals surface area contributed by atoms with Gasteiger partial charge in [-0.25, -0.2) is 4.39 Å². The summed E-state index contributed by atoms with van der Waals surface area (Å²) < 4.78 is 13.9. The van der Waals surface area contributed by atoms with E-state index in [-0.39, 0.29) is 5.82 Å². The van der Waals surface area contributed by atoms with Crippen LogP contribution in [0, 0.1) is 11.7 Å². The molecule has 112 valence electrons. The molecule has 1 aliphatic rings. The molecule has 20 heavy (non-hydrogen) atoms. The highest BCUT2D eigenvalue weighted by Gasteiger charge is 2.26. The van der Waals surface area contributed by atoms with Gasteiger partial charge in [0.05, 0.1) is 0 Å². The fraction of sp³-hybridized carbons (Fsp3) is 0.647. The number of hydrogen-bond acceptors (Lipinski definition) is 2. The first-order chi connectivity index (χ1) is 9.61. The third-order valence-electron chi connectivity index (χ3n) is 4.69. The van der Waals surface area contributed by atoms with E-state index >= 15 is 0 Å². The summed E-state index contributed by atoms with van der Waals surface area (Å²) >= 11 is 0. The van der Waals surface area contributed by atoms with E-state index in [1.54, 1.807) is 12.1 Å². The minimum atomic E-state index is -0.0861. The van der Waals surface area contributed by atoms with Crippen LogP contribution in [-0.2, 0) is 6.54 Å². The normalized spacial score (nSPS) is 26.2. The molecule has 0 aliphatic carbocycles. The Bertz CT molecular complexity index is 421. The van der Waals surface area contributed by atoms with Crippen LogP contribution in [0.4, 0.5) is 4.39 Å². The first-order valence-electron chi connectivity index (χ1n) is 7.82. The zero-order chi connectivity index (χ0) is 14.5. The smallest absolute Gasteiger partial charge is 0.127 e. The van der Waals surface area contributed by atoms with E-state index in [2.05, 4.69) is 31.0 Å². The van der Waals surface area contributed by atoms with Crippen molar-refractivity contribution in [2.75, 3.05) is 13.1 Å². The minimum absolute atomic E-state index is 0.0861. The second kappa shape index (κ2) is 7.19. The standard InChI is InChI=1S/C17H27FN2/c1-4-13(2)17-12-20(14(3)9-10-19-17)11-15-7-5-6-8-16(15)18/h5-8,13-14,17,19H,4,9-12H2,1-3H3. The SMILES string of the molecule is CCC(C)C1CN(Cc2ccccc2F)C(C)CCN1. The number of halogens is 1. The summed E-state index contributed by atoms with van der Waals surface area (Å²) in [6, 6.07) is 8.15. The van der Waals surface area contributed by atoms with Crippen LogP contribution in [0.3, 0.4) is 0 Å². The quantitative estimate of drug-likeness (QED) is 0.908. The van der Waals surface area contributed by atoms with Crippen LogP contribution in [0.5, 0.6) is 0 Å². The molecule has 2 rings (SSSR count). The molecule has 1 heterocycles. The summed E-state index contributed by atoms with van der Waals surface area (Å²) in [5.41, 5.74) is 0.809. The predicted molar refractivity (Wildman–Crippen MR) is 82.1 cm³/mol. The van der Waals surface area contributed by atoms with Crippen molar-refractivity contribution in [3.63, 3.8) is 0 Å². The lowest BCUT2D eigenvalue weighted by Gasteiger charge is -2.31. The molecular formula is C17H27FN2. The molecule has 0 amide bonds. The Morgan fingerprint density at radius 3 is 2.85 bits per heavy atom. The lowest BCUT2D eigenvalue weighted by molar-refractivity contribution is 0.178. The molecule has 1 fully saturated rings. The van der Waals surface area contributed by atoms with Crippen LogP contribution >= 0.6 is 0 Å². The van der Waals surface area contributed by atoms with Gasteiger partial charge in [-0.2, -0.15) is 0 Å². The number of rotatable bonds is 4. The molecule has 1 aromatic rings. The van der Waals surface area contributed by atoms with E-state index in [0.717, 1.165) is 25.1 Å². The van der Waals surface area contributed by atoms with Crippen molar-refractivity contribution in [3.05, 3.63) is 35.6 Å². The Kier molecular flexibility index (Phi) is 5.55. The molecule has 3 unspecified atom stereocenters. The van der Waals surface area contributed by atoms with E-state index in [0.29, 0.717) is 24.5 Å². The molecule has 1 saturated heterocycles. The molecule has 0 bridgehead atoms. The van der Waals surface area contributed by atoms with Crippen molar-refractivity contribution in [3.8, 4) is 0 Å². The molecule has 0 spiro atoms.